The molecule has 111 heavy (non-hydrogen) atoms. The molecule has 0 aromatic heterocycles. The molecule has 0 aliphatic carbocycles. The van der Waals surface area contributed by atoms with Gasteiger partial charge in [-0.15, -0.1) is 0 Å². The van der Waals surface area contributed by atoms with Crippen molar-refractivity contribution in [3.8, 4) is 0 Å². The van der Waals surface area contributed by atoms with Crippen LogP contribution in [0, 0.1) is 0 Å². The number of aliphatic hydroxyl groups is 33. The van der Waals surface area contributed by atoms with Gasteiger partial charge in [0.1, 0.15) is 244 Å². The second-order valence-electron chi connectivity index (χ2n) is 28.1. The highest BCUT2D eigenvalue weighted by molar-refractivity contribution is 4.99. The van der Waals surface area contributed by atoms with E-state index < -0.39 is 373 Å². The van der Waals surface area contributed by atoms with E-state index in [1.54, 1.807) is 0 Å². The van der Waals surface area contributed by atoms with Crippen LogP contribution in [0.2, 0.25) is 0 Å². The Labute approximate surface area is 625 Å². The molecule has 9 rings (SSSR count). The third-order valence-corrected chi connectivity index (χ3v) is 20.4. The first kappa shape index (κ1) is 92.8. The summed E-state index contributed by atoms with van der Waals surface area (Å²) in [7, 11) is 0. The number of hydrogen-bond acceptors (Lipinski definition) is 51. The van der Waals surface area contributed by atoms with Gasteiger partial charge in [0, 0.05) is 0 Å². The molecule has 0 amide bonds. The van der Waals surface area contributed by atoms with Crippen LogP contribution >= 0.6 is 0 Å². The zero-order valence-corrected chi connectivity index (χ0v) is 58.2. The standard InChI is InChI=1S/C60H104O51/c61-1-12(63)23(65)24(66)13(64)3-94-52-44(86)35(77)26(68)15(104-52)5-96-54-46(88)37(79)28(70)17(106-54)7-98-56-48(90)39(81)30(72)19(108-56)9-100-58-50(92)41(83)32(74)21(110-58)11-102-60-51(93)42(84)33(75)22(111-60)10-101-59-49(91)40(82)31(73)20(109-59)8-99-57-47(89)38(80)29(71)18(107-57)6-97-55-45(87)36(78)27(69)16(105-55)4-95-53-43(85)34(76)25(67)14(2-62)103-53/h12-93H,1-11H2/t12-,13+,14+,15+,16+,17+,18+,19+,20+,21+,22+,23+,24+,25+,26+,27+,28+,29+,30+,31+,32+,33+,34-,35-,36-,37-,38-,39-,40-,41-,42-,43+,44+,45+,46+,47+,48+,49+,50+,51+,52-,53-,54-,55-,56-,57-,58-,59-,60-/m0/s1. The summed E-state index contributed by atoms with van der Waals surface area (Å²) in [5.41, 5.74) is 0. The first-order valence-electron chi connectivity index (χ1n) is 35.1. The molecule has 0 aromatic rings. The van der Waals surface area contributed by atoms with Crippen molar-refractivity contribution in [1.29, 1.82) is 0 Å². The number of rotatable bonds is 32. The van der Waals surface area contributed by atoms with Gasteiger partial charge in [-0.2, -0.15) is 0 Å². The molecule has 0 spiro atoms. The lowest BCUT2D eigenvalue weighted by atomic mass is 9.97. The molecule has 0 unspecified atom stereocenters. The maximum absolute atomic E-state index is 11.0. The topological polar surface area (TPSA) is 834 Å². The summed E-state index contributed by atoms with van der Waals surface area (Å²) in [6, 6.07) is 0. The fourth-order valence-corrected chi connectivity index (χ4v) is 13.1. The van der Waals surface area contributed by atoms with Gasteiger partial charge in [-0.05, 0) is 0 Å². The van der Waals surface area contributed by atoms with E-state index in [0.717, 1.165) is 0 Å². The highest BCUT2D eigenvalue weighted by atomic mass is 16.8. The maximum Gasteiger partial charge on any atom is 0.186 e. The molecule has 0 saturated carbocycles. The van der Waals surface area contributed by atoms with Gasteiger partial charge in [0.05, 0.1) is 72.7 Å². The molecular formula is C60H104O51. The molecule has 9 aliphatic rings. The van der Waals surface area contributed by atoms with Gasteiger partial charge in [-0.3, -0.25) is 0 Å². The third-order valence-electron chi connectivity index (χ3n) is 20.4. The van der Waals surface area contributed by atoms with Gasteiger partial charge in [-0.25, -0.2) is 0 Å². The zero-order chi connectivity index (χ0) is 81.8. The Hall–Kier alpha value is -2.04. The lowest BCUT2D eigenvalue weighted by Gasteiger charge is -2.45. The number of hydrogen-bond donors (Lipinski definition) is 33. The lowest BCUT2D eigenvalue weighted by molar-refractivity contribution is -0.355. The van der Waals surface area contributed by atoms with Crippen LogP contribution in [0.5, 0.6) is 0 Å². The molecule has 33 N–H and O–H groups in total. The van der Waals surface area contributed by atoms with Crippen LogP contribution in [0.3, 0.4) is 0 Å². The second kappa shape index (κ2) is 40.8. The van der Waals surface area contributed by atoms with Crippen molar-refractivity contribution in [3.63, 3.8) is 0 Å². The Balaban J connectivity index is 0.733. The zero-order valence-electron chi connectivity index (χ0n) is 58.2. The molecule has 9 saturated heterocycles. The van der Waals surface area contributed by atoms with E-state index in [2.05, 4.69) is 0 Å². The third kappa shape index (κ3) is 21.2. The molecule has 51 nitrogen and oxygen atoms in total. The SMILES string of the molecule is OC[C@H](O)[C@@H](O)[C@H](O)[C@H](O)CO[C@H]1O[C@H](CO[C@H]2O[C@H](CO[C@H]3O[C@H](CO[C@H]4O[C@H](CO[C@H]5O[C@H](CO[C@H]6O[C@H](CO[C@H]7O[C@H](CO[C@H]8O[C@H](CO[C@H]9O[C@H](CO)[C@@H](O)[C@H](O)[C@H]9O)[C@@H](O)[C@H](O)[C@H]8O)[C@@H](O)[C@H](O)[C@H]7O)[C@@H](O)[C@H](O)[C@H]6O)[C@@H](O)[C@H](O)[C@H]5O)[C@@H](O)[C@H](O)[C@H]4O)[C@@H](O)[C@H](O)[C@H]3O)[C@@H](O)[C@H](O)[C@H]2O)[C@@H](O)[C@H](O)[C@H]1O. The lowest BCUT2D eigenvalue weighted by Crippen LogP contribution is -2.63. The highest BCUT2D eigenvalue weighted by Gasteiger charge is 2.56. The van der Waals surface area contributed by atoms with Gasteiger partial charge < -0.3 is 254 Å². The molecule has 9 aliphatic heterocycles. The van der Waals surface area contributed by atoms with Crippen LogP contribution in [0.1, 0.15) is 0 Å². The van der Waals surface area contributed by atoms with E-state index in [9.17, 15) is 163 Å². The summed E-state index contributed by atoms with van der Waals surface area (Å²) < 4.78 is 99.6. The van der Waals surface area contributed by atoms with Crippen LogP contribution in [0.15, 0.2) is 0 Å². The van der Waals surface area contributed by atoms with Crippen LogP contribution in [0.4, 0.5) is 0 Å². The monoisotopic (exact) mass is 1640 g/mol. The van der Waals surface area contributed by atoms with Crippen molar-refractivity contribution in [2.24, 2.45) is 0 Å². The van der Waals surface area contributed by atoms with Gasteiger partial charge in [0.15, 0.2) is 56.6 Å². The van der Waals surface area contributed by atoms with E-state index >= 15 is 0 Å². The average molecular weight is 1640 g/mol. The molecule has 0 aromatic carbocycles. The first-order chi connectivity index (χ1) is 52.3. The van der Waals surface area contributed by atoms with E-state index in [1.165, 1.54) is 0 Å². The molecule has 51 heteroatoms. The quantitative estimate of drug-likeness (QED) is 0.0297. The minimum atomic E-state index is -2.14. The minimum Gasteiger partial charge on any atom is -0.394 e. The first-order valence-corrected chi connectivity index (χ1v) is 35.1. The van der Waals surface area contributed by atoms with Crippen molar-refractivity contribution in [3.05, 3.63) is 0 Å². The van der Waals surface area contributed by atoms with Crippen molar-refractivity contribution >= 4 is 0 Å². The average Bonchev–Trinajstić information content (AvgIpc) is 0.799. The molecule has 0 bridgehead atoms. The van der Waals surface area contributed by atoms with E-state index in [-0.39, 0.29) is 0 Å². The predicted molar refractivity (Wildman–Crippen MR) is 332 cm³/mol. The van der Waals surface area contributed by atoms with Crippen molar-refractivity contribution < 1.29 is 254 Å². The molecular weight excluding hydrogens is 1540 g/mol. The van der Waals surface area contributed by atoms with Crippen molar-refractivity contribution in [2.75, 3.05) is 72.7 Å². The van der Waals surface area contributed by atoms with E-state index in [1.807, 2.05) is 0 Å². The second-order valence-corrected chi connectivity index (χ2v) is 28.1. The summed E-state index contributed by atoms with van der Waals surface area (Å²) in [5, 5.41) is 348. The van der Waals surface area contributed by atoms with Gasteiger partial charge >= 0.3 is 0 Å². The van der Waals surface area contributed by atoms with Crippen molar-refractivity contribution in [1.82, 2.24) is 0 Å². The molecule has 0 radical (unpaired) electrons. The van der Waals surface area contributed by atoms with Crippen molar-refractivity contribution in [2.45, 2.75) is 301 Å². The normalized spacial score (nSPS) is 50.7. The van der Waals surface area contributed by atoms with Crippen LogP contribution < -0.4 is 0 Å². The van der Waals surface area contributed by atoms with Gasteiger partial charge in [0.2, 0.25) is 0 Å². The van der Waals surface area contributed by atoms with Crippen LogP contribution in [0.25, 0.3) is 0 Å². The molecule has 49 atom stereocenters. The Morgan fingerprint density at radius 1 is 0.180 bits per heavy atom. The summed E-state index contributed by atoms with van der Waals surface area (Å²) in [5.74, 6) is 0. The molecule has 9 fully saturated rings. The fraction of sp³-hybridized carbons (Fsp3) is 1.00. The maximum atomic E-state index is 11.0. The Bertz CT molecular complexity index is 2730. The number of aliphatic hydroxyl groups excluding tert-OH is 33. The van der Waals surface area contributed by atoms with Gasteiger partial charge in [-0.1, -0.05) is 0 Å². The molecule has 9 heterocycles. The summed E-state index contributed by atoms with van der Waals surface area (Å²) in [6.45, 7) is -9.75. The summed E-state index contributed by atoms with van der Waals surface area (Å²) in [4.78, 5) is 0. The van der Waals surface area contributed by atoms with E-state index in [0.29, 0.717) is 0 Å². The number of ether oxygens (including phenoxy) is 18. The summed E-state index contributed by atoms with van der Waals surface area (Å²) >= 11 is 0. The Morgan fingerprint density at radius 3 is 0.486 bits per heavy atom. The summed E-state index contributed by atoms with van der Waals surface area (Å²) in [6.07, 6.45) is -95.4. The molecule has 650 valence electrons. The van der Waals surface area contributed by atoms with E-state index in [4.69, 9.17) is 90.4 Å². The largest absolute Gasteiger partial charge is 0.394 e. The van der Waals surface area contributed by atoms with Gasteiger partial charge in [0.25, 0.3) is 0 Å². The van der Waals surface area contributed by atoms with Crippen LogP contribution in [-0.2, 0) is 85.3 Å². The fourth-order valence-electron chi connectivity index (χ4n) is 13.1. The predicted octanol–water partition coefficient (Wildman–Crippen LogP) is -23.2. The minimum absolute atomic E-state index is 0.745. The Morgan fingerprint density at radius 2 is 0.324 bits per heavy atom. The highest BCUT2D eigenvalue weighted by Crippen LogP contribution is 2.35. The Kier molecular flexibility index (Phi) is 34.1. The smallest absolute Gasteiger partial charge is 0.186 e. The van der Waals surface area contributed by atoms with Crippen LogP contribution in [-0.4, -0.2) is 542 Å².